The summed E-state index contributed by atoms with van der Waals surface area (Å²) in [4.78, 5) is 15.3. The van der Waals surface area contributed by atoms with Crippen LogP contribution < -0.4 is 5.32 Å². The lowest BCUT2D eigenvalue weighted by Gasteiger charge is -2.24. The molecule has 34 heavy (non-hydrogen) atoms. The highest BCUT2D eigenvalue weighted by Gasteiger charge is 2.17. The molecule has 0 radical (unpaired) electrons. The van der Waals surface area contributed by atoms with Crippen molar-refractivity contribution in [1.29, 1.82) is 0 Å². The molecular weight excluding hydrogens is 418 g/mol. The first-order valence-electron chi connectivity index (χ1n) is 11.8. The van der Waals surface area contributed by atoms with Gasteiger partial charge in [0.2, 0.25) is 0 Å². The van der Waals surface area contributed by atoms with Gasteiger partial charge in [0.25, 0.3) is 0 Å². The van der Waals surface area contributed by atoms with Crippen LogP contribution in [0.15, 0.2) is 97.1 Å². The normalized spacial score (nSPS) is 11.1. The number of amides is 2. The molecule has 4 aromatic carbocycles. The second-order valence-corrected chi connectivity index (χ2v) is 8.70. The predicted molar refractivity (Wildman–Crippen MR) is 141 cm³/mol. The summed E-state index contributed by atoms with van der Waals surface area (Å²) in [5, 5.41) is 5.59. The number of anilines is 1. The maximum Gasteiger partial charge on any atom is 0.322 e. The van der Waals surface area contributed by atoms with Crippen molar-refractivity contribution < 1.29 is 4.79 Å². The topological polar surface area (TPSA) is 37.3 Å². The van der Waals surface area contributed by atoms with Gasteiger partial charge in [-0.05, 0) is 54.8 Å². The Morgan fingerprint density at radius 3 is 2.24 bits per heavy atom. The van der Waals surface area contributed by atoms with Gasteiger partial charge in [-0.3, -0.25) is 0 Å². The number of hydrogen-bond donors (Lipinski definition) is 1. The Bertz CT molecular complexity index is 1450. The monoisotopic (exact) mass is 447 g/mol. The summed E-state index contributed by atoms with van der Waals surface area (Å²) in [6, 6.07) is 33.0. The molecule has 0 aliphatic carbocycles. The maximum atomic E-state index is 13.4. The number of para-hydroxylation sites is 2. The molecule has 0 aliphatic heterocycles. The zero-order valence-electron chi connectivity index (χ0n) is 19.7. The summed E-state index contributed by atoms with van der Waals surface area (Å²) in [7, 11) is 0. The van der Waals surface area contributed by atoms with Gasteiger partial charge in [-0.2, -0.15) is 0 Å². The maximum absolute atomic E-state index is 13.4. The molecule has 0 spiro atoms. The van der Waals surface area contributed by atoms with Crippen LogP contribution in [0, 0.1) is 6.92 Å². The third-order valence-electron chi connectivity index (χ3n) is 6.42. The summed E-state index contributed by atoms with van der Waals surface area (Å²) < 4.78 is 2.35. The average Bonchev–Trinajstić information content (AvgIpc) is 3.18. The van der Waals surface area contributed by atoms with Crippen molar-refractivity contribution in [2.45, 2.75) is 33.5 Å². The summed E-state index contributed by atoms with van der Waals surface area (Å²) >= 11 is 0. The lowest BCUT2D eigenvalue weighted by Crippen LogP contribution is -2.34. The van der Waals surface area contributed by atoms with Gasteiger partial charge >= 0.3 is 6.03 Å². The van der Waals surface area contributed by atoms with Crippen LogP contribution in [-0.2, 0) is 19.6 Å². The minimum Gasteiger partial charge on any atom is -0.341 e. The Balaban J connectivity index is 1.49. The van der Waals surface area contributed by atoms with Crippen LogP contribution >= 0.6 is 0 Å². The molecule has 5 rings (SSSR count). The third-order valence-corrected chi connectivity index (χ3v) is 6.42. The Kier molecular flexibility index (Phi) is 6.05. The van der Waals surface area contributed by atoms with E-state index in [2.05, 4.69) is 71.4 Å². The standard InChI is InChI=1S/C30H29N3O/c1-3-33-28-16-10-8-14-25(28)26-19-24(17-18-29(26)33)21-32(20-23-12-5-4-6-13-23)30(34)31-27-15-9-7-11-22(27)2/h4-19H,3,20-21H2,1-2H3,(H,31,34). The molecule has 4 heteroatoms. The van der Waals surface area contributed by atoms with Crippen molar-refractivity contribution in [3.05, 3.63) is 114 Å². The number of hydrogen-bond acceptors (Lipinski definition) is 1. The van der Waals surface area contributed by atoms with Crippen molar-refractivity contribution in [3.8, 4) is 0 Å². The molecular formula is C30H29N3O. The largest absolute Gasteiger partial charge is 0.341 e. The molecule has 4 nitrogen and oxygen atoms in total. The van der Waals surface area contributed by atoms with E-state index in [-0.39, 0.29) is 6.03 Å². The number of carbonyl (C=O) groups is 1. The highest BCUT2D eigenvalue weighted by atomic mass is 16.2. The molecule has 5 aromatic rings. The minimum atomic E-state index is -0.103. The third kappa shape index (κ3) is 4.27. The van der Waals surface area contributed by atoms with Crippen LogP contribution in [0.3, 0.4) is 0 Å². The molecule has 0 atom stereocenters. The Morgan fingerprint density at radius 1 is 0.765 bits per heavy atom. The van der Waals surface area contributed by atoms with E-state index in [0.717, 1.165) is 28.9 Å². The number of benzene rings is 4. The van der Waals surface area contributed by atoms with E-state index in [9.17, 15) is 4.79 Å². The van der Waals surface area contributed by atoms with Gasteiger partial charge in [-0.15, -0.1) is 0 Å². The average molecular weight is 448 g/mol. The van der Waals surface area contributed by atoms with Gasteiger partial charge in [0.1, 0.15) is 0 Å². The SMILES string of the molecule is CCn1c2ccccc2c2cc(CN(Cc3ccccc3)C(=O)Nc3ccccc3C)ccc21. The Labute approximate surface area is 200 Å². The number of carbonyl (C=O) groups excluding carboxylic acids is 1. The number of rotatable bonds is 6. The summed E-state index contributed by atoms with van der Waals surface area (Å²) in [6.45, 7) is 6.16. The molecule has 0 bridgehead atoms. The first-order valence-corrected chi connectivity index (χ1v) is 11.8. The Morgan fingerprint density at radius 2 is 1.44 bits per heavy atom. The first-order chi connectivity index (χ1) is 16.6. The van der Waals surface area contributed by atoms with Crippen LogP contribution in [0.2, 0.25) is 0 Å². The van der Waals surface area contributed by atoms with E-state index in [0.29, 0.717) is 13.1 Å². The number of aromatic nitrogens is 1. The van der Waals surface area contributed by atoms with Crippen molar-refractivity contribution in [2.75, 3.05) is 5.32 Å². The molecule has 1 aromatic heterocycles. The molecule has 0 unspecified atom stereocenters. The van der Waals surface area contributed by atoms with E-state index in [1.165, 1.54) is 21.8 Å². The fraction of sp³-hybridized carbons (Fsp3) is 0.167. The van der Waals surface area contributed by atoms with Crippen LogP contribution in [0.1, 0.15) is 23.6 Å². The number of nitrogens with one attached hydrogen (secondary N) is 1. The van der Waals surface area contributed by atoms with Crippen molar-refractivity contribution in [3.63, 3.8) is 0 Å². The van der Waals surface area contributed by atoms with Gasteiger partial charge in [0.05, 0.1) is 0 Å². The number of urea groups is 1. The number of aryl methyl sites for hydroxylation is 2. The van der Waals surface area contributed by atoms with Crippen LogP contribution in [0.4, 0.5) is 10.5 Å². The van der Waals surface area contributed by atoms with Crippen molar-refractivity contribution in [2.24, 2.45) is 0 Å². The van der Waals surface area contributed by atoms with E-state index in [4.69, 9.17) is 0 Å². The number of nitrogens with zero attached hydrogens (tertiary/aromatic N) is 2. The van der Waals surface area contributed by atoms with Gasteiger partial charge in [-0.25, -0.2) is 4.79 Å². The van der Waals surface area contributed by atoms with Gasteiger partial charge in [0, 0.05) is 47.1 Å². The van der Waals surface area contributed by atoms with Crippen LogP contribution in [0.25, 0.3) is 21.8 Å². The van der Waals surface area contributed by atoms with Crippen LogP contribution in [0.5, 0.6) is 0 Å². The fourth-order valence-corrected chi connectivity index (χ4v) is 4.67. The number of fused-ring (bicyclic) bond motifs is 3. The molecule has 170 valence electrons. The molecule has 0 saturated heterocycles. The summed E-state index contributed by atoms with van der Waals surface area (Å²) in [6.07, 6.45) is 0. The summed E-state index contributed by atoms with van der Waals surface area (Å²) in [5.74, 6) is 0. The van der Waals surface area contributed by atoms with Gasteiger partial charge in [0.15, 0.2) is 0 Å². The minimum absolute atomic E-state index is 0.103. The predicted octanol–water partition coefficient (Wildman–Crippen LogP) is 7.36. The summed E-state index contributed by atoms with van der Waals surface area (Å²) in [5.41, 5.74) is 6.58. The lowest BCUT2D eigenvalue weighted by atomic mass is 10.1. The molecule has 1 heterocycles. The Hall–Kier alpha value is -4.05. The molecule has 2 amide bonds. The smallest absolute Gasteiger partial charge is 0.322 e. The second kappa shape index (κ2) is 9.44. The molecule has 1 N–H and O–H groups in total. The van der Waals surface area contributed by atoms with E-state index >= 15 is 0 Å². The zero-order valence-corrected chi connectivity index (χ0v) is 19.7. The zero-order chi connectivity index (χ0) is 23.5. The van der Waals surface area contributed by atoms with Crippen molar-refractivity contribution in [1.82, 2.24) is 9.47 Å². The quantitative estimate of drug-likeness (QED) is 0.290. The first kappa shape index (κ1) is 21.8. The van der Waals surface area contributed by atoms with Crippen molar-refractivity contribution >= 4 is 33.5 Å². The van der Waals surface area contributed by atoms with E-state index in [1.807, 2.05) is 54.3 Å². The molecule has 0 fully saturated rings. The lowest BCUT2D eigenvalue weighted by molar-refractivity contribution is 0.206. The highest BCUT2D eigenvalue weighted by Crippen LogP contribution is 2.30. The molecule has 0 aliphatic rings. The van der Waals surface area contributed by atoms with Crippen LogP contribution in [-0.4, -0.2) is 15.5 Å². The highest BCUT2D eigenvalue weighted by molar-refractivity contribution is 6.08. The van der Waals surface area contributed by atoms with Gasteiger partial charge in [-0.1, -0.05) is 72.8 Å². The second-order valence-electron chi connectivity index (χ2n) is 8.70. The van der Waals surface area contributed by atoms with E-state index in [1.54, 1.807) is 0 Å². The van der Waals surface area contributed by atoms with E-state index < -0.39 is 0 Å². The fourth-order valence-electron chi connectivity index (χ4n) is 4.67. The molecule has 0 saturated carbocycles. The van der Waals surface area contributed by atoms with Gasteiger partial charge < -0.3 is 14.8 Å².